The second-order valence-electron chi connectivity index (χ2n) is 5.70. The van der Waals surface area contributed by atoms with Gasteiger partial charge in [-0.25, -0.2) is 0 Å². The van der Waals surface area contributed by atoms with Gasteiger partial charge in [0.25, 0.3) is 0 Å². The first kappa shape index (κ1) is 12.3. The molecular weight excluding hydrogens is 266 g/mol. The Balaban J connectivity index is 1.72. The van der Waals surface area contributed by atoms with Crippen LogP contribution in [0.1, 0.15) is 18.1 Å². The summed E-state index contributed by atoms with van der Waals surface area (Å²) in [4.78, 5) is 12.4. The average Bonchev–Trinajstić information content (AvgIpc) is 3.03. The molecule has 4 rings (SSSR count). The standard InChI is InChI=1S/C17H15NO3/c1-17(12-4-2-3-5-13(12)18-16(17)19)9-11-6-7-14-15(8-11)21-10-20-14/h2-8H,9-10H2,1H3,(H,18,19). The van der Waals surface area contributed by atoms with Crippen LogP contribution in [0.15, 0.2) is 42.5 Å². The van der Waals surface area contributed by atoms with Crippen molar-refractivity contribution < 1.29 is 14.3 Å². The van der Waals surface area contributed by atoms with Crippen molar-refractivity contribution in [3.63, 3.8) is 0 Å². The van der Waals surface area contributed by atoms with Gasteiger partial charge in [0, 0.05) is 5.69 Å². The molecule has 1 amide bonds. The summed E-state index contributed by atoms with van der Waals surface area (Å²) in [6.07, 6.45) is 0.631. The van der Waals surface area contributed by atoms with Gasteiger partial charge in [0.2, 0.25) is 12.7 Å². The molecule has 0 saturated carbocycles. The predicted molar refractivity (Wildman–Crippen MR) is 78.7 cm³/mol. The van der Waals surface area contributed by atoms with Gasteiger partial charge in [-0.2, -0.15) is 0 Å². The van der Waals surface area contributed by atoms with Gasteiger partial charge in [0.05, 0.1) is 5.41 Å². The maximum absolute atomic E-state index is 12.4. The van der Waals surface area contributed by atoms with Crippen LogP contribution in [-0.4, -0.2) is 12.7 Å². The molecule has 4 nitrogen and oxygen atoms in total. The van der Waals surface area contributed by atoms with Crippen molar-refractivity contribution in [2.45, 2.75) is 18.8 Å². The van der Waals surface area contributed by atoms with Gasteiger partial charge >= 0.3 is 0 Å². The minimum absolute atomic E-state index is 0.0429. The van der Waals surface area contributed by atoms with E-state index in [1.54, 1.807) is 0 Å². The number of hydrogen-bond acceptors (Lipinski definition) is 3. The normalized spacial score (nSPS) is 22.0. The molecule has 0 spiro atoms. The minimum Gasteiger partial charge on any atom is -0.454 e. The number of nitrogens with one attached hydrogen (secondary N) is 1. The summed E-state index contributed by atoms with van der Waals surface area (Å²) in [5.74, 6) is 1.56. The van der Waals surface area contributed by atoms with Crippen molar-refractivity contribution in [1.82, 2.24) is 0 Å². The van der Waals surface area contributed by atoms with Gasteiger partial charge in [0.15, 0.2) is 11.5 Å². The fourth-order valence-electron chi connectivity index (χ4n) is 3.09. The Bertz CT molecular complexity index is 741. The zero-order chi connectivity index (χ0) is 14.4. The molecule has 2 aliphatic rings. The predicted octanol–water partition coefficient (Wildman–Crippen LogP) is 2.87. The molecule has 106 valence electrons. The molecule has 0 bridgehead atoms. The minimum atomic E-state index is -0.551. The summed E-state index contributed by atoms with van der Waals surface area (Å²) in [5, 5.41) is 2.97. The number of hydrogen-bond donors (Lipinski definition) is 1. The van der Waals surface area contributed by atoms with Crippen molar-refractivity contribution in [2.75, 3.05) is 12.1 Å². The van der Waals surface area contributed by atoms with Gasteiger partial charge < -0.3 is 14.8 Å². The fraction of sp³-hybridized carbons (Fsp3) is 0.235. The van der Waals surface area contributed by atoms with Crippen molar-refractivity contribution in [2.24, 2.45) is 0 Å². The molecule has 0 radical (unpaired) electrons. The summed E-state index contributed by atoms with van der Waals surface area (Å²) in [7, 11) is 0. The van der Waals surface area contributed by atoms with E-state index in [0.29, 0.717) is 6.42 Å². The fourth-order valence-corrected chi connectivity index (χ4v) is 3.09. The first-order chi connectivity index (χ1) is 10.2. The van der Waals surface area contributed by atoms with E-state index >= 15 is 0 Å². The Kier molecular flexibility index (Phi) is 2.48. The van der Waals surface area contributed by atoms with Crippen molar-refractivity contribution >= 4 is 11.6 Å². The second-order valence-corrected chi connectivity index (χ2v) is 5.70. The van der Waals surface area contributed by atoms with Crippen LogP contribution in [0.3, 0.4) is 0 Å². The van der Waals surface area contributed by atoms with Gasteiger partial charge in [-0.1, -0.05) is 24.3 Å². The molecule has 21 heavy (non-hydrogen) atoms. The first-order valence-electron chi connectivity index (χ1n) is 6.96. The van der Waals surface area contributed by atoms with Gasteiger partial charge in [-0.3, -0.25) is 4.79 Å². The summed E-state index contributed by atoms with van der Waals surface area (Å²) >= 11 is 0. The lowest BCUT2D eigenvalue weighted by molar-refractivity contribution is -0.120. The summed E-state index contributed by atoms with van der Waals surface area (Å²) in [6.45, 7) is 2.25. The largest absolute Gasteiger partial charge is 0.454 e. The van der Waals surface area contributed by atoms with Gasteiger partial charge in [-0.15, -0.1) is 0 Å². The molecule has 0 aromatic heterocycles. The number of amides is 1. The molecule has 0 aliphatic carbocycles. The highest BCUT2D eigenvalue weighted by molar-refractivity contribution is 6.06. The summed E-state index contributed by atoms with van der Waals surface area (Å²) in [6, 6.07) is 13.7. The lowest BCUT2D eigenvalue weighted by Crippen LogP contribution is -2.33. The summed E-state index contributed by atoms with van der Waals surface area (Å²) < 4.78 is 10.7. The molecule has 1 atom stereocenters. The molecule has 2 aromatic carbocycles. The van der Waals surface area contributed by atoms with Crippen molar-refractivity contribution in [3.05, 3.63) is 53.6 Å². The van der Waals surface area contributed by atoms with Crippen LogP contribution in [0.2, 0.25) is 0 Å². The number of carbonyl (C=O) groups excluding carboxylic acids is 1. The van der Waals surface area contributed by atoms with Gasteiger partial charge in [0.1, 0.15) is 0 Å². The number of para-hydroxylation sites is 1. The number of fused-ring (bicyclic) bond motifs is 2. The third-order valence-corrected chi connectivity index (χ3v) is 4.27. The van der Waals surface area contributed by atoms with E-state index in [-0.39, 0.29) is 12.7 Å². The SMILES string of the molecule is CC1(Cc2ccc3c(c2)OCO3)C(=O)Nc2ccccc21. The van der Waals surface area contributed by atoms with E-state index in [9.17, 15) is 4.79 Å². The monoisotopic (exact) mass is 281 g/mol. The van der Waals surface area contributed by atoms with E-state index in [0.717, 1.165) is 28.3 Å². The number of carbonyl (C=O) groups is 1. The van der Waals surface area contributed by atoms with Crippen LogP contribution < -0.4 is 14.8 Å². The molecular formula is C17H15NO3. The van der Waals surface area contributed by atoms with E-state index in [1.807, 2.05) is 49.4 Å². The lowest BCUT2D eigenvalue weighted by atomic mass is 9.78. The van der Waals surface area contributed by atoms with Crippen LogP contribution in [0.4, 0.5) is 5.69 Å². The maximum atomic E-state index is 12.4. The lowest BCUT2D eigenvalue weighted by Gasteiger charge is -2.22. The number of ether oxygens (including phenoxy) is 2. The number of benzene rings is 2. The molecule has 1 unspecified atom stereocenters. The number of rotatable bonds is 2. The molecule has 0 fully saturated rings. The third-order valence-electron chi connectivity index (χ3n) is 4.27. The van der Waals surface area contributed by atoms with Crippen molar-refractivity contribution in [1.29, 1.82) is 0 Å². The van der Waals surface area contributed by atoms with Crippen LogP contribution in [0.25, 0.3) is 0 Å². The smallest absolute Gasteiger partial charge is 0.235 e. The molecule has 2 aliphatic heterocycles. The third kappa shape index (κ3) is 1.79. The van der Waals surface area contributed by atoms with Crippen molar-refractivity contribution in [3.8, 4) is 11.5 Å². The molecule has 0 saturated heterocycles. The van der Waals surface area contributed by atoms with E-state index in [4.69, 9.17) is 9.47 Å². The highest BCUT2D eigenvalue weighted by atomic mass is 16.7. The van der Waals surface area contributed by atoms with E-state index in [1.165, 1.54) is 0 Å². The summed E-state index contributed by atoms with van der Waals surface area (Å²) in [5.41, 5.74) is 2.47. The quantitative estimate of drug-likeness (QED) is 0.920. The maximum Gasteiger partial charge on any atom is 0.235 e. The zero-order valence-electron chi connectivity index (χ0n) is 11.7. The van der Waals surface area contributed by atoms with Crippen LogP contribution in [0.5, 0.6) is 11.5 Å². The Labute approximate surface area is 122 Å². The number of anilines is 1. The van der Waals surface area contributed by atoms with Crippen LogP contribution >= 0.6 is 0 Å². The average molecular weight is 281 g/mol. The molecule has 4 heteroatoms. The van der Waals surface area contributed by atoms with Crippen LogP contribution in [0, 0.1) is 0 Å². The highest BCUT2D eigenvalue weighted by Gasteiger charge is 2.42. The van der Waals surface area contributed by atoms with Crippen LogP contribution in [-0.2, 0) is 16.6 Å². The van der Waals surface area contributed by atoms with Gasteiger partial charge in [-0.05, 0) is 42.7 Å². The Morgan fingerprint density at radius 1 is 1.14 bits per heavy atom. The first-order valence-corrected chi connectivity index (χ1v) is 6.96. The molecule has 2 aromatic rings. The molecule has 1 N–H and O–H groups in total. The Hall–Kier alpha value is -2.49. The topological polar surface area (TPSA) is 47.6 Å². The zero-order valence-corrected chi connectivity index (χ0v) is 11.7. The second kappa shape index (κ2) is 4.25. The Morgan fingerprint density at radius 2 is 1.95 bits per heavy atom. The van der Waals surface area contributed by atoms with E-state index < -0.39 is 5.41 Å². The Morgan fingerprint density at radius 3 is 2.86 bits per heavy atom. The molecule has 2 heterocycles. The van der Waals surface area contributed by atoms with E-state index in [2.05, 4.69) is 5.32 Å². The highest BCUT2D eigenvalue weighted by Crippen LogP contribution is 2.41.